The molecule has 14 heavy (non-hydrogen) atoms. The molecule has 1 unspecified atom stereocenters. The maximum atomic E-state index is 4.44. The molecule has 0 aromatic carbocycles. The van der Waals surface area contributed by atoms with Crippen LogP contribution in [0.5, 0.6) is 0 Å². The van der Waals surface area contributed by atoms with Crippen LogP contribution in [0.3, 0.4) is 0 Å². The largest absolute Gasteiger partial charge is 0.331 e. The van der Waals surface area contributed by atoms with Crippen LogP contribution < -0.4 is 0 Å². The maximum absolute atomic E-state index is 4.44. The van der Waals surface area contributed by atoms with E-state index in [1.54, 1.807) is 0 Å². The average molecular weight is 212 g/mol. The van der Waals surface area contributed by atoms with Gasteiger partial charge in [-0.25, -0.2) is 4.98 Å². The Labute approximate surface area is 92.1 Å². The van der Waals surface area contributed by atoms with Crippen molar-refractivity contribution in [2.75, 3.05) is 5.75 Å². The Morgan fingerprint density at radius 3 is 2.64 bits per heavy atom. The lowest BCUT2D eigenvalue weighted by Crippen LogP contribution is -2.31. The Bertz CT molecular complexity index is 256. The van der Waals surface area contributed by atoms with Crippen molar-refractivity contribution < 1.29 is 0 Å². The van der Waals surface area contributed by atoms with Crippen molar-refractivity contribution in [1.29, 1.82) is 0 Å². The van der Waals surface area contributed by atoms with E-state index in [0.717, 1.165) is 18.1 Å². The minimum absolute atomic E-state index is 0.115. The molecule has 80 valence electrons. The van der Waals surface area contributed by atoms with Gasteiger partial charge < -0.3 is 4.57 Å². The van der Waals surface area contributed by atoms with Gasteiger partial charge in [0.15, 0.2) is 0 Å². The number of rotatable bonds is 5. The molecule has 0 bridgehead atoms. The molecule has 0 aliphatic heterocycles. The number of imidazole rings is 1. The van der Waals surface area contributed by atoms with E-state index < -0.39 is 0 Å². The molecule has 0 saturated carbocycles. The highest BCUT2D eigenvalue weighted by Crippen LogP contribution is 2.25. The first kappa shape index (κ1) is 11.6. The number of aromatic nitrogens is 2. The lowest BCUT2D eigenvalue weighted by Gasteiger charge is -2.30. The summed E-state index contributed by atoms with van der Waals surface area (Å²) in [5.41, 5.74) is 0.115. The van der Waals surface area contributed by atoms with Crippen molar-refractivity contribution in [3.05, 3.63) is 18.7 Å². The van der Waals surface area contributed by atoms with E-state index in [1.165, 1.54) is 6.42 Å². The molecule has 2 nitrogen and oxygen atoms in total. The Kier molecular flexibility index (Phi) is 4.05. The van der Waals surface area contributed by atoms with E-state index in [1.807, 2.05) is 18.7 Å². The van der Waals surface area contributed by atoms with Gasteiger partial charge in [-0.1, -0.05) is 13.8 Å². The van der Waals surface area contributed by atoms with Crippen LogP contribution in [0.1, 0.15) is 33.6 Å². The highest BCUT2D eigenvalue weighted by atomic mass is 32.1. The predicted molar refractivity (Wildman–Crippen MR) is 63.8 cm³/mol. The summed E-state index contributed by atoms with van der Waals surface area (Å²) in [7, 11) is 0. The summed E-state index contributed by atoms with van der Waals surface area (Å²) in [6, 6.07) is 0. The van der Waals surface area contributed by atoms with Gasteiger partial charge >= 0.3 is 0 Å². The Morgan fingerprint density at radius 2 is 2.21 bits per heavy atom. The summed E-state index contributed by atoms with van der Waals surface area (Å²) in [6.45, 7) is 6.75. The van der Waals surface area contributed by atoms with Crippen LogP contribution in [-0.4, -0.2) is 15.3 Å². The lowest BCUT2D eigenvalue weighted by molar-refractivity contribution is 0.307. The molecular weight excluding hydrogens is 192 g/mol. The molecule has 0 N–H and O–H groups in total. The SMILES string of the molecule is CC(C)CCC(C)(CS)n1ccnc1. The molecule has 1 heterocycles. The van der Waals surface area contributed by atoms with Crippen molar-refractivity contribution in [3.63, 3.8) is 0 Å². The van der Waals surface area contributed by atoms with Gasteiger partial charge in [0.2, 0.25) is 0 Å². The monoisotopic (exact) mass is 212 g/mol. The van der Waals surface area contributed by atoms with Crippen molar-refractivity contribution in [2.24, 2.45) is 5.92 Å². The van der Waals surface area contributed by atoms with Crippen LogP contribution in [-0.2, 0) is 5.54 Å². The van der Waals surface area contributed by atoms with Crippen molar-refractivity contribution in [2.45, 2.75) is 39.2 Å². The second-order valence-corrected chi connectivity index (χ2v) is 4.87. The van der Waals surface area contributed by atoms with E-state index in [0.29, 0.717) is 0 Å². The van der Waals surface area contributed by atoms with E-state index in [4.69, 9.17) is 0 Å². The average Bonchev–Trinajstić information content (AvgIpc) is 2.67. The highest BCUT2D eigenvalue weighted by Gasteiger charge is 2.23. The summed E-state index contributed by atoms with van der Waals surface area (Å²) in [6.07, 6.45) is 8.13. The van der Waals surface area contributed by atoms with E-state index in [-0.39, 0.29) is 5.54 Å². The summed E-state index contributed by atoms with van der Waals surface area (Å²) < 4.78 is 2.17. The van der Waals surface area contributed by atoms with Gasteiger partial charge in [-0.3, -0.25) is 0 Å². The van der Waals surface area contributed by atoms with Crippen LogP contribution in [0.4, 0.5) is 0 Å². The summed E-state index contributed by atoms with van der Waals surface area (Å²) in [5.74, 6) is 1.61. The summed E-state index contributed by atoms with van der Waals surface area (Å²) in [5, 5.41) is 0. The van der Waals surface area contributed by atoms with E-state index >= 15 is 0 Å². The molecular formula is C11H20N2S. The lowest BCUT2D eigenvalue weighted by atomic mass is 9.93. The first-order valence-electron chi connectivity index (χ1n) is 5.18. The van der Waals surface area contributed by atoms with Gasteiger partial charge in [0.25, 0.3) is 0 Å². The van der Waals surface area contributed by atoms with Crippen LogP contribution in [0, 0.1) is 5.92 Å². The van der Waals surface area contributed by atoms with Crippen molar-refractivity contribution >= 4 is 12.6 Å². The molecule has 1 aromatic rings. The topological polar surface area (TPSA) is 17.8 Å². The van der Waals surface area contributed by atoms with Crippen LogP contribution in [0.2, 0.25) is 0 Å². The molecule has 0 spiro atoms. The third-order valence-corrected chi connectivity index (χ3v) is 3.41. The fourth-order valence-corrected chi connectivity index (χ4v) is 1.79. The molecule has 1 aromatic heterocycles. The van der Waals surface area contributed by atoms with Gasteiger partial charge in [0.05, 0.1) is 11.9 Å². The molecule has 3 heteroatoms. The number of hydrogen-bond acceptors (Lipinski definition) is 2. The molecule has 0 saturated heterocycles. The standard InChI is InChI=1S/C11H20N2S/c1-10(2)4-5-11(3,8-14)13-7-6-12-9-13/h6-7,9-10,14H,4-5,8H2,1-3H3. The third-order valence-electron chi connectivity index (χ3n) is 2.73. The smallest absolute Gasteiger partial charge is 0.0951 e. The molecule has 0 aliphatic carbocycles. The zero-order chi connectivity index (χ0) is 10.6. The van der Waals surface area contributed by atoms with Crippen molar-refractivity contribution in [3.8, 4) is 0 Å². The fourth-order valence-electron chi connectivity index (χ4n) is 1.47. The normalized spacial score (nSPS) is 15.8. The van der Waals surface area contributed by atoms with E-state index in [2.05, 4.69) is 43.0 Å². The van der Waals surface area contributed by atoms with Gasteiger partial charge in [0, 0.05) is 18.1 Å². The maximum Gasteiger partial charge on any atom is 0.0951 e. The Balaban J connectivity index is 2.67. The Morgan fingerprint density at radius 1 is 1.50 bits per heavy atom. The molecule has 0 fully saturated rings. The first-order valence-corrected chi connectivity index (χ1v) is 5.81. The zero-order valence-corrected chi connectivity index (χ0v) is 10.2. The van der Waals surface area contributed by atoms with Gasteiger partial charge in [-0.15, -0.1) is 0 Å². The number of thiol groups is 1. The third kappa shape index (κ3) is 2.77. The first-order chi connectivity index (χ1) is 6.58. The number of nitrogens with zero attached hydrogens (tertiary/aromatic N) is 2. The summed E-state index contributed by atoms with van der Waals surface area (Å²) in [4.78, 5) is 4.09. The van der Waals surface area contributed by atoms with Crippen LogP contribution in [0.15, 0.2) is 18.7 Å². The Hall–Kier alpha value is -0.440. The fraction of sp³-hybridized carbons (Fsp3) is 0.727. The molecule has 1 atom stereocenters. The molecule has 1 rings (SSSR count). The predicted octanol–water partition coefficient (Wildman–Crippen LogP) is 2.96. The van der Waals surface area contributed by atoms with Crippen LogP contribution in [0.25, 0.3) is 0 Å². The zero-order valence-electron chi connectivity index (χ0n) is 9.27. The minimum atomic E-state index is 0.115. The number of hydrogen-bond donors (Lipinski definition) is 1. The molecule has 0 amide bonds. The second-order valence-electron chi connectivity index (χ2n) is 4.56. The molecule has 0 aliphatic rings. The summed E-state index contributed by atoms with van der Waals surface area (Å²) >= 11 is 4.44. The minimum Gasteiger partial charge on any atom is -0.331 e. The van der Waals surface area contributed by atoms with E-state index in [9.17, 15) is 0 Å². The van der Waals surface area contributed by atoms with Crippen LogP contribution >= 0.6 is 12.6 Å². The quantitative estimate of drug-likeness (QED) is 0.743. The van der Waals surface area contributed by atoms with Crippen molar-refractivity contribution in [1.82, 2.24) is 9.55 Å². The van der Waals surface area contributed by atoms with Gasteiger partial charge in [-0.05, 0) is 25.7 Å². The van der Waals surface area contributed by atoms with Gasteiger partial charge in [-0.2, -0.15) is 12.6 Å². The second kappa shape index (κ2) is 4.87. The highest BCUT2D eigenvalue weighted by molar-refractivity contribution is 7.80. The van der Waals surface area contributed by atoms with Gasteiger partial charge in [0.1, 0.15) is 0 Å². The molecule has 0 radical (unpaired) electrons.